The van der Waals surface area contributed by atoms with E-state index in [0.717, 1.165) is 27.9 Å². The summed E-state index contributed by atoms with van der Waals surface area (Å²) >= 11 is 3.36. The smallest absolute Gasteiger partial charge is 0.251 e. The van der Waals surface area contributed by atoms with E-state index in [-0.39, 0.29) is 5.91 Å². The van der Waals surface area contributed by atoms with Gasteiger partial charge in [-0.15, -0.1) is 11.3 Å². The molecule has 1 fully saturated rings. The molecule has 1 aromatic carbocycles. The van der Waals surface area contributed by atoms with E-state index in [1.807, 2.05) is 35.8 Å². The number of hydrogen-bond acceptors (Lipinski definition) is 6. The number of thiazole rings is 1. The summed E-state index contributed by atoms with van der Waals surface area (Å²) in [4.78, 5) is 21.0. The van der Waals surface area contributed by atoms with Crippen LogP contribution >= 0.6 is 23.1 Å². The number of aromatic nitrogens is 4. The third-order valence-corrected chi connectivity index (χ3v) is 6.17. The lowest BCUT2D eigenvalue weighted by Gasteiger charge is -2.05. The van der Waals surface area contributed by atoms with Crippen LogP contribution in [-0.2, 0) is 0 Å². The SMILES string of the molecule is O=C(NCCCSc1nccs1)c1ccc(-c2n[nH]c(C3CC3)n2)cc1. The van der Waals surface area contributed by atoms with Gasteiger partial charge in [-0.2, -0.15) is 5.10 Å². The summed E-state index contributed by atoms with van der Waals surface area (Å²) in [7, 11) is 0. The first-order valence-electron chi connectivity index (χ1n) is 8.63. The molecule has 6 nitrogen and oxygen atoms in total. The topological polar surface area (TPSA) is 83.6 Å². The zero-order valence-corrected chi connectivity index (χ0v) is 15.8. The zero-order chi connectivity index (χ0) is 17.8. The van der Waals surface area contributed by atoms with Crippen LogP contribution in [-0.4, -0.2) is 38.4 Å². The molecule has 1 aliphatic rings. The number of carbonyl (C=O) groups excluding carboxylic acids is 1. The summed E-state index contributed by atoms with van der Waals surface area (Å²) < 4.78 is 1.07. The normalized spacial score (nSPS) is 13.7. The van der Waals surface area contributed by atoms with Crippen LogP contribution in [0, 0.1) is 0 Å². The minimum Gasteiger partial charge on any atom is -0.352 e. The van der Waals surface area contributed by atoms with Gasteiger partial charge in [0.25, 0.3) is 5.91 Å². The number of rotatable bonds is 8. The molecule has 0 unspecified atom stereocenters. The Morgan fingerprint density at radius 1 is 1.31 bits per heavy atom. The van der Waals surface area contributed by atoms with Crippen molar-refractivity contribution in [2.24, 2.45) is 0 Å². The lowest BCUT2D eigenvalue weighted by Crippen LogP contribution is -2.24. The van der Waals surface area contributed by atoms with Gasteiger partial charge in [-0.1, -0.05) is 23.9 Å². The number of nitrogens with one attached hydrogen (secondary N) is 2. The quantitative estimate of drug-likeness (QED) is 0.456. The average Bonchev–Trinajstić information content (AvgIpc) is 3.18. The molecule has 3 aromatic rings. The number of carbonyl (C=O) groups is 1. The molecule has 2 N–H and O–H groups in total. The zero-order valence-electron chi connectivity index (χ0n) is 14.1. The molecule has 26 heavy (non-hydrogen) atoms. The fourth-order valence-corrected chi connectivity index (χ4v) is 4.18. The summed E-state index contributed by atoms with van der Waals surface area (Å²) in [5, 5.41) is 12.2. The van der Waals surface area contributed by atoms with Crippen LogP contribution in [0.25, 0.3) is 11.4 Å². The lowest BCUT2D eigenvalue weighted by molar-refractivity contribution is 0.0954. The molecular weight excluding hydrogens is 366 g/mol. The molecule has 2 heterocycles. The van der Waals surface area contributed by atoms with Crippen LogP contribution in [0.3, 0.4) is 0 Å². The monoisotopic (exact) mass is 385 g/mol. The molecule has 8 heteroatoms. The Balaban J connectivity index is 1.25. The van der Waals surface area contributed by atoms with E-state index < -0.39 is 0 Å². The van der Waals surface area contributed by atoms with Crippen LogP contribution < -0.4 is 5.32 Å². The molecule has 0 saturated heterocycles. The van der Waals surface area contributed by atoms with Gasteiger partial charge in [-0.3, -0.25) is 9.89 Å². The minimum absolute atomic E-state index is 0.0514. The largest absolute Gasteiger partial charge is 0.352 e. The number of hydrogen-bond donors (Lipinski definition) is 2. The second kappa shape index (κ2) is 8.01. The van der Waals surface area contributed by atoms with Crippen molar-refractivity contribution in [3.63, 3.8) is 0 Å². The van der Waals surface area contributed by atoms with Gasteiger partial charge in [0.05, 0.1) is 0 Å². The molecule has 0 radical (unpaired) electrons. The van der Waals surface area contributed by atoms with Crippen molar-refractivity contribution < 1.29 is 4.79 Å². The highest BCUT2D eigenvalue weighted by Gasteiger charge is 2.27. The van der Waals surface area contributed by atoms with Gasteiger partial charge in [-0.25, -0.2) is 9.97 Å². The first-order valence-corrected chi connectivity index (χ1v) is 10.5. The molecular formula is C18H19N5OS2. The van der Waals surface area contributed by atoms with E-state index >= 15 is 0 Å². The Hall–Kier alpha value is -2.19. The van der Waals surface area contributed by atoms with Crippen molar-refractivity contribution in [1.29, 1.82) is 0 Å². The van der Waals surface area contributed by atoms with Crippen LogP contribution in [0.1, 0.15) is 41.4 Å². The molecule has 2 aromatic heterocycles. The number of benzene rings is 1. The van der Waals surface area contributed by atoms with Crippen LogP contribution in [0.4, 0.5) is 0 Å². The van der Waals surface area contributed by atoms with Gasteiger partial charge in [0.1, 0.15) is 10.2 Å². The number of thioether (sulfide) groups is 1. The van der Waals surface area contributed by atoms with Gasteiger partial charge in [0.2, 0.25) is 0 Å². The Labute approximate surface area is 159 Å². The Bertz CT molecular complexity index is 856. The highest BCUT2D eigenvalue weighted by Crippen LogP contribution is 2.38. The number of H-pyrrole nitrogens is 1. The van der Waals surface area contributed by atoms with Crippen molar-refractivity contribution in [1.82, 2.24) is 25.5 Å². The standard InChI is InChI=1S/C18H19N5OS2/c24-17(19-8-1-10-25-18-20-9-11-26-18)14-6-4-13(5-7-14)16-21-15(22-23-16)12-2-3-12/h4-7,9,11-12H,1-3,8,10H2,(H,19,24)(H,21,22,23). The summed E-state index contributed by atoms with van der Waals surface area (Å²) in [6.07, 6.45) is 5.10. The molecule has 0 spiro atoms. The number of aromatic amines is 1. The van der Waals surface area contributed by atoms with Gasteiger partial charge < -0.3 is 5.32 Å². The van der Waals surface area contributed by atoms with Gasteiger partial charge in [-0.05, 0) is 31.4 Å². The second-order valence-electron chi connectivity index (χ2n) is 6.15. The maximum Gasteiger partial charge on any atom is 0.251 e. The van der Waals surface area contributed by atoms with E-state index in [2.05, 4.69) is 25.5 Å². The molecule has 134 valence electrons. The molecule has 1 aliphatic carbocycles. The van der Waals surface area contributed by atoms with E-state index in [4.69, 9.17) is 0 Å². The summed E-state index contributed by atoms with van der Waals surface area (Å²) in [5.74, 6) is 3.11. The molecule has 1 saturated carbocycles. The van der Waals surface area contributed by atoms with Crippen LogP contribution in [0.5, 0.6) is 0 Å². The molecule has 0 atom stereocenters. The van der Waals surface area contributed by atoms with Crippen molar-refractivity contribution in [2.75, 3.05) is 12.3 Å². The molecule has 0 aliphatic heterocycles. The van der Waals surface area contributed by atoms with E-state index in [9.17, 15) is 4.79 Å². The summed E-state index contributed by atoms with van der Waals surface area (Å²) in [6.45, 7) is 0.657. The van der Waals surface area contributed by atoms with Crippen molar-refractivity contribution in [2.45, 2.75) is 29.5 Å². The third kappa shape index (κ3) is 4.31. The van der Waals surface area contributed by atoms with E-state index in [1.54, 1.807) is 23.1 Å². The Kier molecular flexibility index (Phi) is 5.31. The number of nitrogens with zero attached hydrogens (tertiary/aromatic N) is 3. The Morgan fingerprint density at radius 3 is 2.88 bits per heavy atom. The fraction of sp³-hybridized carbons (Fsp3) is 0.333. The Morgan fingerprint density at radius 2 is 2.15 bits per heavy atom. The van der Waals surface area contributed by atoms with Crippen molar-refractivity contribution in [3.05, 3.63) is 47.2 Å². The third-order valence-electron chi connectivity index (χ3n) is 4.11. The van der Waals surface area contributed by atoms with Crippen LogP contribution in [0.2, 0.25) is 0 Å². The van der Waals surface area contributed by atoms with Gasteiger partial charge in [0, 0.05) is 40.9 Å². The number of amides is 1. The van der Waals surface area contributed by atoms with E-state index in [0.29, 0.717) is 23.9 Å². The van der Waals surface area contributed by atoms with Gasteiger partial charge in [0.15, 0.2) is 5.82 Å². The first-order chi connectivity index (χ1) is 12.8. The van der Waals surface area contributed by atoms with E-state index in [1.165, 1.54) is 12.8 Å². The van der Waals surface area contributed by atoms with Crippen molar-refractivity contribution in [3.8, 4) is 11.4 Å². The predicted molar refractivity (Wildman–Crippen MR) is 104 cm³/mol. The highest BCUT2D eigenvalue weighted by atomic mass is 32.2. The maximum atomic E-state index is 12.2. The maximum absolute atomic E-state index is 12.2. The average molecular weight is 386 g/mol. The van der Waals surface area contributed by atoms with Crippen molar-refractivity contribution >= 4 is 29.0 Å². The first kappa shape index (κ1) is 17.2. The predicted octanol–water partition coefficient (Wildman–Crippen LogP) is 3.72. The van der Waals surface area contributed by atoms with Crippen LogP contribution in [0.15, 0.2) is 40.2 Å². The highest BCUT2D eigenvalue weighted by molar-refractivity contribution is 8.00. The fourth-order valence-electron chi connectivity index (χ4n) is 2.53. The lowest BCUT2D eigenvalue weighted by atomic mass is 10.1. The molecule has 4 rings (SSSR count). The van der Waals surface area contributed by atoms with Gasteiger partial charge >= 0.3 is 0 Å². The second-order valence-corrected chi connectivity index (χ2v) is 8.39. The summed E-state index contributed by atoms with van der Waals surface area (Å²) in [5.41, 5.74) is 1.57. The summed E-state index contributed by atoms with van der Waals surface area (Å²) in [6, 6.07) is 7.43. The minimum atomic E-state index is -0.0514. The molecule has 1 amide bonds. The molecule has 0 bridgehead atoms.